The first kappa shape index (κ1) is 62.1. The summed E-state index contributed by atoms with van der Waals surface area (Å²) < 4.78 is 16.8. The maximum Gasteiger partial charge on any atom is 0.306 e. The lowest BCUT2D eigenvalue weighted by atomic mass is 10.0. The van der Waals surface area contributed by atoms with E-state index in [-0.39, 0.29) is 31.1 Å². The van der Waals surface area contributed by atoms with Crippen molar-refractivity contribution in [1.82, 2.24) is 0 Å². The maximum absolute atomic E-state index is 12.8. The van der Waals surface area contributed by atoms with Crippen molar-refractivity contribution in [1.29, 1.82) is 0 Å². The van der Waals surface area contributed by atoms with Crippen LogP contribution in [-0.4, -0.2) is 37.2 Å². The second-order valence-electron chi connectivity index (χ2n) is 18.5. The van der Waals surface area contributed by atoms with Gasteiger partial charge < -0.3 is 14.2 Å². The third-order valence-corrected chi connectivity index (χ3v) is 12.0. The Balaban J connectivity index is 4.43. The van der Waals surface area contributed by atoms with Crippen LogP contribution in [0.2, 0.25) is 0 Å². The Labute approximate surface area is 402 Å². The van der Waals surface area contributed by atoms with Crippen LogP contribution in [0, 0.1) is 0 Å². The summed E-state index contributed by atoms with van der Waals surface area (Å²) in [7, 11) is 0. The van der Waals surface area contributed by atoms with Crippen molar-refractivity contribution in [3.8, 4) is 0 Å². The third kappa shape index (κ3) is 51.9. The first-order valence-electron chi connectivity index (χ1n) is 27.8. The topological polar surface area (TPSA) is 78.9 Å². The molecule has 0 aliphatic heterocycles. The van der Waals surface area contributed by atoms with Crippen LogP contribution in [0.5, 0.6) is 0 Å². The zero-order chi connectivity index (χ0) is 47.2. The van der Waals surface area contributed by atoms with Crippen molar-refractivity contribution >= 4 is 17.9 Å². The monoisotopic (exact) mass is 909 g/mol. The van der Waals surface area contributed by atoms with E-state index in [1.165, 1.54) is 148 Å². The van der Waals surface area contributed by atoms with E-state index in [0.29, 0.717) is 19.3 Å². The Morgan fingerprint density at radius 1 is 0.323 bits per heavy atom. The van der Waals surface area contributed by atoms with Crippen LogP contribution in [0.3, 0.4) is 0 Å². The zero-order valence-corrected chi connectivity index (χ0v) is 43.0. The highest BCUT2D eigenvalue weighted by atomic mass is 16.6. The molecule has 0 aliphatic carbocycles. The van der Waals surface area contributed by atoms with Gasteiger partial charge in [0.15, 0.2) is 6.10 Å². The molecule has 6 heteroatoms. The summed E-state index contributed by atoms with van der Waals surface area (Å²) in [5, 5.41) is 0. The van der Waals surface area contributed by atoms with Gasteiger partial charge in [-0.3, -0.25) is 14.4 Å². The minimum absolute atomic E-state index is 0.0894. The smallest absolute Gasteiger partial charge is 0.306 e. The molecule has 0 amide bonds. The molecule has 0 saturated heterocycles. The maximum atomic E-state index is 12.8. The second-order valence-corrected chi connectivity index (χ2v) is 18.5. The molecule has 376 valence electrons. The molecule has 0 aromatic heterocycles. The average Bonchev–Trinajstić information content (AvgIpc) is 3.30. The number of ether oxygens (including phenoxy) is 3. The minimum atomic E-state index is -0.792. The normalized spacial score (nSPS) is 12.5. The Morgan fingerprint density at radius 3 is 0.985 bits per heavy atom. The molecule has 0 radical (unpaired) electrons. The lowest BCUT2D eigenvalue weighted by Gasteiger charge is -2.18. The number of carbonyl (C=O) groups excluding carboxylic acids is 3. The summed E-state index contributed by atoms with van der Waals surface area (Å²) >= 11 is 0. The molecule has 0 fully saturated rings. The lowest BCUT2D eigenvalue weighted by Crippen LogP contribution is -2.30. The first-order chi connectivity index (χ1) is 32.0. The second kappa shape index (κ2) is 53.7. The van der Waals surface area contributed by atoms with Crippen LogP contribution in [0.1, 0.15) is 278 Å². The molecule has 0 bridgehead atoms. The number of unbranched alkanes of at least 4 members (excludes halogenated alkanes) is 29. The Morgan fingerprint density at radius 2 is 0.600 bits per heavy atom. The fraction of sp³-hybridized carbons (Fsp3) is 0.780. The van der Waals surface area contributed by atoms with Crippen LogP contribution in [-0.2, 0) is 28.6 Å². The van der Waals surface area contributed by atoms with E-state index in [4.69, 9.17) is 14.2 Å². The van der Waals surface area contributed by atoms with Crippen molar-refractivity contribution in [3.63, 3.8) is 0 Å². The molecular formula is C59H104O6. The van der Waals surface area contributed by atoms with E-state index < -0.39 is 6.10 Å². The third-order valence-electron chi connectivity index (χ3n) is 12.0. The van der Waals surface area contributed by atoms with E-state index >= 15 is 0 Å². The van der Waals surface area contributed by atoms with E-state index in [0.717, 1.165) is 89.9 Å². The first-order valence-corrected chi connectivity index (χ1v) is 27.8. The molecule has 0 rings (SSSR count). The SMILES string of the molecule is CC/C=C\C/C=C\C/C=C\C/C=C\CCCCC(=O)OCC(COC(=O)CCCCCCC/C=C\CCCCCCCCC)OC(=O)CCCCCCCCCCCCCCCCCC. The predicted octanol–water partition coefficient (Wildman–Crippen LogP) is 18.4. The average molecular weight is 909 g/mol. The van der Waals surface area contributed by atoms with Crippen LogP contribution in [0.25, 0.3) is 0 Å². The van der Waals surface area contributed by atoms with Gasteiger partial charge in [0.1, 0.15) is 13.2 Å². The van der Waals surface area contributed by atoms with Gasteiger partial charge in [-0.15, -0.1) is 0 Å². The number of hydrogen-bond acceptors (Lipinski definition) is 6. The molecule has 0 aromatic carbocycles. The molecule has 0 spiro atoms. The van der Waals surface area contributed by atoms with Gasteiger partial charge in [0, 0.05) is 19.3 Å². The quantitative estimate of drug-likeness (QED) is 0.0262. The Hall–Kier alpha value is -2.89. The van der Waals surface area contributed by atoms with Crippen LogP contribution >= 0.6 is 0 Å². The number of carbonyl (C=O) groups is 3. The highest BCUT2D eigenvalue weighted by molar-refractivity contribution is 5.71. The van der Waals surface area contributed by atoms with Crippen molar-refractivity contribution in [2.24, 2.45) is 0 Å². The van der Waals surface area contributed by atoms with Gasteiger partial charge in [0.05, 0.1) is 0 Å². The van der Waals surface area contributed by atoms with Gasteiger partial charge in [-0.25, -0.2) is 0 Å². The van der Waals surface area contributed by atoms with Gasteiger partial charge in [0.25, 0.3) is 0 Å². The summed E-state index contributed by atoms with van der Waals surface area (Å²) in [6, 6.07) is 0. The molecule has 6 nitrogen and oxygen atoms in total. The molecule has 65 heavy (non-hydrogen) atoms. The predicted molar refractivity (Wildman–Crippen MR) is 279 cm³/mol. The summed E-state index contributed by atoms with van der Waals surface area (Å²) in [6.45, 7) is 6.50. The van der Waals surface area contributed by atoms with E-state index in [2.05, 4.69) is 81.5 Å². The largest absolute Gasteiger partial charge is 0.462 e. The minimum Gasteiger partial charge on any atom is -0.462 e. The lowest BCUT2D eigenvalue weighted by molar-refractivity contribution is -0.167. The van der Waals surface area contributed by atoms with Gasteiger partial charge in [-0.05, 0) is 83.5 Å². The van der Waals surface area contributed by atoms with Crippen LogP contribution in [0.15, 0.2) is 60.8 Å². The molecule has 0 heterocycles. The van der Waals surface area contributed by atoms with E-state index in [1.807, 2.05) is 0 Å². The highest BCUT2D eigenvalue weighted by Gasteiger charge is 2.19. The van der Waals surface area contributed by atoms with Gasteiger partial charge in [-0.1, -0.05) is 236 Å². The van der Waals surface area contributed by atoms with Gasteiger partial charge >= 0.3 is 17.9 Å². The molecule has 0 aliphatic rings. The van der Waals surface area contributed by atoms with Crippen molar-refractivity contribution in [3.05, 3.63) is 60.8 Å². The van der Waals surface area contributed by atoms with Crippen molar-refractivity contribution in [2.75, 3.05) is 13.2 Å². The van der Waals surface area contributed by atoms with Crippen molar-refractivity contribution in [2.45, 2.75) is 284 Å². The Kier molecular flexibility index (Phi) is 51.3. The van der Waals surface area contributed by atoms with Crippen LogP contribution in [0.4, 0.5) is 0 Å². The fourth-order valence-electron chi connectivity index (χ4n) is 7.84. The number of hydrogen-bond donors (Lipinski definition) is 0. The fourth-order valence-corrected chi connectivity index (χ4v) is 7.84. The summed E-state index contributed by atoms with van der Waals surface area (Å²) in [5.74, 6) is -0.929. The molecule has 1 atom stereocenters. The Bertz CT molecular complexity index is 1180. The number of rotatable bonds is 50. The number of esters is 3. The summed E-state index contributed by atoms with van der Waals surface area (Å²) in [4.78, 5) is 38.1. The summed E-state index contributed by atoms with van der Waals surface area (Å²) in [6.07, 6.45) is 66.4. The van der Waals surface area contributed by atoms with E-state index in [1.54, 1.807) is 0 Å². The van der Waals surface area contributed by atoms with Gasteiger partial charge in [-0.2, -0.15) is 0 Å². The molecular weight excluding hydrogens is 805 g/mol. The highest BCUT2D eigenvalue weighted by Crippen LogP contribution is 2.16. The van der Waals surface area contributed by atoms with Gasteiger partial charge in [0.2, 0.25) is 0 Å². The molecule has 1 unspecified atom stereocenters. The standard InChI is InChI=1S/C59H104O6/c1-4-7-10-13-16-19-22-25-28-31-34-37-40-43-46-49-52-58(61)64-55-56(54-63-57(60)51-48-45-42-39-36-33-30-27-24-21-18-15-12-9-6-3)65-59(62)53-50-47-44-41-38-35-32-29-26-23-20-17-14-11-8-5-2/h9,12,18,21,27-28,30-31,36,39,56H,4-8,10-11,13-17,19-20,22-26,29,32-35,37-38,40-55H2,1-3H3/b12-9-,21-18-,30-27-,31-28-,39-36-. The summed E-state index contributed by atoms with van der Waals surface area (Å²) in [5.41, 5.74) is 0. The molecule has 0 aromatic rings. The zero-order valence-electron chi connectivity index (χ0n) is 43.0. The van der Waals surface area contributed by atoms with E-state index in [9.17, 15) is 14.4 Å². The van der Waals surface area contributed by atoms with Crippen LogP contribution < -0.4 is 0 Å². The molecule has 0 N–H and O–H groups in total. The van der Waals surface area contributed by atoms with Crippen molar-refractivity contribution < 1.29 is 28.6 Å². The molecule has 0 saturated carbocycles. The number of allylic oxidation sites excluding steroid dienone is 10.